The number of methoxy groups -OCH3 is 2. The summed E-state index contributed by atoms with van der Waals surface area (Å²) in [5, 5.41) is 3.66. The molecule has 182 valence electrons. The molecule has 36 heavy (non-hydrogen) atoms. The Morgan fingerprint density at radius 2 is 1.33 bits per heavy atom. The van der Waals surface area contributed by atoms with Crippen LogP contribution in [0.3, 0.4) is 0 Å². The van der Waals surface area contributed by atoms with Crippen LogP contribution in [0.15, 0.2) is 107 Å². The summed E-state index contributed by atoms with van der Waals surface area (Å²) in [6.07, 6.45) is 0. The van der Waals surface area contributed by atoms with E-state index in [1.807, 2.05) is 84.9 Å². The lowest BCUT2D eigenvalue weighted by Gasteiger charge is -2.36. The number of halogens is 1. The normalized spacial score (nSPS) is 11.0. The number of nitrogens with zero attached hydrogens (tertiary/aromatic N) is 3. The number of azide groups is 1. The molecule has 0 aliphatic heterocycles. The molecule has 0 radical (unpaired) electrons. The largest absolute Gasteiger partial charge is 0.497 e. The SMILES string of the molecule is COc1ccc(C(OCc2ccc(CN=[N+]=[N-])c(Br)c2)(c2ccccc2)c2ccc(OC)cc2)cc1. The molecule has 0 bridgehead atoms. The van der Waals surface area contributed by atoms with Crippen LogP contribution in [0, 0.1) is 0 Å². The van der Waals surface area contributed by atoms with Gasteiger partial charge in [-0.1, -0.05) is 87.8 Å². The summed E-state index contributed by atoms with van der Waals surface area (Å²) in [4.78, 5) is 2.85. The van der Waals surface area contributed by atoms with Gasteiger partial charge in [0.15, 0.2) is 0 Å². The van der Waals surface area contributed by atoms with Crippen molar-refractivity contribution in [2.24, 2.45) is 5.11 Å². The number of hydrogen-bond acceptors (Lipinski definition) is 4. The maximum absolute atomic E-state index is 8.64. The van der Waals surface area contributed by atoms with Crippen molar-refractivity contribution in [1.29, 1.82) is 0 Å². The van der Waals surface area contributed by atoms with E-state index in [0.717, 1.165) is 43.8 Å². The first-order chi connectivity index (χ1) is 17.6. The average Bonchev–Trinajstić information content (AvgIpc) is 2.94. The molecule has 0 heterocycles. The maximum atomic E-state index is 8.64. The van der Waals surface area contributed by atoms with Gasteiger partial charge in [-0.05, 0) is 63.7 Å². The number of hydrogen-bond donors (Lipinski definition) is 0. The van der Waals surface area contributed by atoms with Crippen molar-refractivity contribution >= 4 is 15.9 Å². The van der Waals surface area contributed by atoms with Crippen LogP contribution in [-0.2, 0) is 23.5 Å². The summed E-state index contributed by atoms with van der Waals surface area (Å²) in [5.41, 5.74) is 12.6. The Morgan fingerprint density at radius 1 is 0.778 bits per heavy atom. The van der Waals surface area contributed by atoms with Gasteiger partial charge in [0, 0.05) is 9.38 Å². The molecule has 4 aromatic rings. The summed E-state index contributed by atoms with van der Waals surface area (Å²) >= 11 is 3.60. The van der Waals surface area contributed by atoms with E-state index >= 15 is 0 Å². The van der Waals surface area contributed by atoms with Crippen LogP contribution in [0.2, 0.25) is 0 Å². The van der Waals surface area contributed by atoms with Gasteiger partial charge >= 0.3 is 0 Å². The highest BCUT2D eigenvalue weighted by atomic mass is 79.9. The van der Waals surface area contributed by atoms with Gasteiger partial charge in [-0.2, -0.15) is 0 Å². The zero-order chi connectivity index (χ0) is 25.4. The third-order valence-electron chi connectivity index (χ3n) is 6.05. The van der Waals surface area contributed by atoms with Gasteiger partial charge in [-0.25, -0.2) is 0 Å². The van der Waals surface area contributed by atoms with Crippen LogP contribution < -0.4 is 9.47 Å². The van der Waals surface area contributed by atoms with E-state index in [-0.39, 0.29) is 6.54 Å². The minimum absolute atomic E-state index is 0.282. The second-order valence-corrected chi connectivity index (χ2v) is 8.96. The van der Waals surface area contributed by atoms with Crippen LogP contribution in [-0.4, -0.2) is 14.2 Å². The van der Waals surface area contributed by atoms with Crippen LogP contribution >= 0.6 is 15.9 Å². The molecule has 0 aromatic heterocycles. The van der Waals surface area contributed by atoms with Crippen LogP contribution in [0.5, 0.6) is 11.5 Å². The Morgan fingerprint density at radius 3 is 1.83 bits per heavy atom. The molecule has 0 amide bonds. The quantitative estimate of drug-likeness (QED) is 0.0885. The third-order valence-corrected chi connectivity index (χ3v) is 6.79. The van der Waals surface area contributed by atoms with Crippen molar-refractivity contribution in [2.45, 2.75) is 18.8 Å². The number of benzene rings is 4. The van der Waals surface area contributed by atoms with Crippen molar-refractivity contribution in [3.05, 3.63) is 140 Å². The van der Waals surface area contributed by atoms with Gasteiger partial charge in [0.2, 0.25) is 0 Å². The van der Waals surface area contributed by atoms with Crippen molar-refractivity contribution < 1.29 is 14.2 Å². The predicted molar refractivity (Wildman–Crippen MR) is 144 cm³/mol. The Labute approximate surface area is 219 Å². The molecule has 7 heteroatoms. The second-order valence-electron chi connectivity index (χ2n) is 8.11. The fraction of sp³-hybridized carbons (Fsp3) is 0.172. The molecule has 4 aromatic carbocycles. The highest BCUT2D eigenvalue weighted by molar-refractivity contribution is 9.10. The van der Waals surface area contributed by atoms with Gasteiger partial charge in [0.05, 0.1) is 27.4 Å². The van der Waals surface area contributed by atoms with Crippen LogP contribution in [0.1, 0.15) is 27.8 Å². The van der Waals surface area contributed by atoms with E-state index in [9.17, 15) is 0 Å². The Bertz CT molecular complexity index is 1290. The lowest BCUT2D eigenvalue weighted by molar-refractivity contribution is 0.000167. The molecule has 0 fully saturated rings. The van der Waals surface area contributed by atoms with Gasteiger partial charge in [-0.15, -0.1) is 0 Å². The molecule has 0 atom stereocenters. The van der Waals surface area contributed by atoms with E-state index in [0.29, 0.717) is 6.61 Å². The monoisotopic (exact) mass is 543 g/mol. The lowest BCUT2D eigenvalue weighted by Crippen LogP contribution is -2.32. The summed E-state index contributed by atoms with van der Waals surface area (Å²) in [6, 6.07) is 32.0. The first-order valence-electron chi connectivity index (χ1n) is 11.4. The van der Waals surface area contributed by atoms with Crippen LogP contribution in [0.25, 0.3) is 10.4 Å². The van der Waals surface area contributed by atoms with E-state index < -0.39 is 5.60 Å². The van der Waals surface area contributed by atoms with Gasteiger partial charge in [0.1, 0.15) is 17.1 Å². The van der Waals surface area contributed by atoms with E-state index in [4.69, 9.17) is 19.7 Å². The second kappa shape index (κ2) is 11.8. The first kappa shape index (κ1) is 25.3. The Balaban J connectivity index is 1.82. The molecule has 0 aliphatic rings. The summed E-state index contributed by atoms with van der Waals surface area (Å²) in [7, 11) is 3.31. The van der Waals surface area contributed by atoms with E-state index in [2.05, 4.69) is 38.1 Å². The standard InChI is InChI=1S/C29H26BrN3O3/c1-34-26-14-10-24(11-15-26)29(23-6-4-3-5-7-23,25-12-16-27(35-2)17-13-25)36-20-21-8-9-22(19-32-33-31)28(30)18-21/h3-18H,19-20H2,1-2H3. The van der Waals surface area contributed by atoms with E-state index in [1.54, 1.807) is 14.2 Å². The first-order valence-corrected chi connectivity index (χ1v) is 12.2. The lowest BCUT2D eigenvalue weighted by atomic mass is 9.80. The smallest absolute Gasteiger partial charge is 0.144 e. The zero-order valence-corrected chi connectivity index (χ0v) is 21.7. The molecule has 4 rings (SSSR count). The zero-order valence-electron chi connectivity index (χ0n) is 20.1. The summed E-state index contributed by atoms with van der Waals surface area (Å²) in [5.74, 6) is 1.55. The minimum Gasteiger partial charge on any atom is -0.497 e. The van der Waals surface area contributed by atoms with Crippen molar-refractivity contribution in [3.63, 3.8) is 0 Å². The highest BCUT2D eigenvalue weighted by Gasteiger charge is 2.38. The fourth-order valence-corrected chi connectivity index (χ4v) is 4.73. The molecule has 0 spiro atoms. The molecular formula is C29H26BrN3O3. The minimum atomic E-state index is -0.893. The Kier molecular flexibility index (Phi) is 8.28. The maximum Gasteiger partial charge on any atom is 0.144 e. The molecule has 0 saturated heterocycles. The third kappa shape index (κ3) is 5.39. The van der Waals surface area contributed by atoms with Crippen molar-refractivity contribution in [2.75, 3.05) is 14.2 Å². The predicted octanol–water partition coefficient (Wildman–Crippen LogP) is 7.79. The molecule has 0 aliphatic carbocycles. The molecule has 0 saturated carbocycles. The summed E-state index contributed by atoms with van der Waals surface area (Å²) < 4.78 is 18.6. The van der Waals surface area contributed by atoms with Crippen molar-refractivity contribution in [1.82, 2.24) is 0 Å². The molecule has 0 unspecified atom stereocenters. The van der Waals surface area contributed by atoms with Gasteiger partial charge < -0.3 is 14.2 Å². The number of rotatable bonds is 10. The molecule has 0 N–H and O–H groups in total. The van der Waals surface area contributed by atoms with Gasteiger partial charge in [0.25, 0.3) is 0 Å². The highest BCUT2D eigenvalue weighted by Crippen LogP contribution is 2.42. The average molecular weight is 544 g/mol. The molecule has 6 nitrogen and oxygen atoms in total. The Hall–Kier alpha value is -3.77. The van der Waals surface area contributed by atoms with E-state index in [1.165, 1.54) is 0 Å². The number of ether oxygens (including phenoxy) is 3. The van der Waals surface area contributed by atoms with Crippen molar-refractivity contribution in [3.8, 4) is 11.5 Å². The van der Waals surface area contributed by atoms with Gasteiger partial charge in [-0.3, -0.25) is 0 Å². The summed E-state index contributed by atoms with van der Waals surface area (Å²) in [6.45, 7) is 0.622. The topological polar surface area (TPSA) is 76.5 Å². The van der Waals surface area contributed by atoms with Crippen LogP contribution in [0.4, 0.5) is 0 Å². The fourth-order valence-electron chi connectivity index (χ4n) is 4.18. The molecular weight excluding hydrogens is 518 g/mol.